The molecule has 1 N–H and O–H groups in total. The van der Waals surface area contributed by atoms with Crippen LogP contribution in [0.4, 0.5) is 18.6 Å². The molecule has 0 fully saturated rings. The zero-order valence-corrected chi connectivity index (χ0v) is 11.2. The number of nitrogens with zero attached hydrogens (tertiary/aromatic N) is 1. The van der Waals surface area contributed by atoms with Crippen molar-refractivity contribution in [2.24, 2.45) is 0 Å². The van der Waals surface area contributed by atoms with Crippen molar-refractivity contribution in [1.82, 2.24) is 4.98 Å². The van der Waals surface area contributed by atoms with Crippen molar-refractivity contribution in [3.63, 3.8) is 0 Å². The fourth-order valence-electron chi connectivity index (χ4n) is 1.34. The second kappa shape index (κ2) is 8.77. The fourth-order valence-corrected chi connectivity index (χ4v) is 1.34. The van der Waals surface area contributed by atoms with Crippen LogP contribution in [0, 0.1) is 10.1 Å². The molecule has 0 spiro atoms. The van der Waals surface area contributed by atoms with E-state index in [0.717, 1.165) is 0 Å². The van der Waals surface area contributed by atoms with Crippen LogP contribution in [0.1, 0.15) is 29.9 Å². The zero-order chi connectivity index (χ0) is 16.6. The molecule has 1 heterocycles. The number of nitrogens with one attached hydrogen (secondary N) is 1. The highest BCUT2D eigenvalue weighted by Crippen LogP contribution is 2.15. The van der Waals surface area contributed by atoms with Gasteiger partial charge in [-0.05, 0) is 19.4 Å². The van der Waals surface area contributed by atoms with Gasteiger partial charge >= 0.3 is 24.8 Å². The third kappa shape index (κ3) is 6.10. The lowest BCUT2D eigenvalue weighted by atomic mass is 10.1. The lowest BCUT2D eigenvalue weighted by Crippen LogP contribution is -2.19. The summed E-state index contributed by atoms with van der Waals surface area (Å²) in [4.78, 5) is 35.2. The molecule has 116 valence electrons. The molecule has 11 heteroatoms. The highest BCUT2D eigenvalue weighted by Gasteiger charge is 2.26. The summed E-state index contributed by atoms with van der Waals surface area (Å²) in [6.45, 7) is 3.42. The Balaban J connectivity index is 0.000000885. The van der Waals surface area contributed by atoms with E-state index >= 15 is 0 Å². The molecule has 0 aliphatic rings. The molecule has 0 aromatic carbocycles. The molecule has 0 amide bonds. The normalized spacial score (nSPS) is 9.38. The van der Waals surface area contributed by atoms with Crippen LogP contribution in [0.15, 0.2) is 10.9 Å². The van der Waals surface area contributed by atoms with Crippen molar-refractivity contribution in [1.29, 1.82) is 0 Å². The molecule has 1 aromatic heterocycles. The molecule has 0 saturated carbocycles. The number of hydrogen-bond acceptors (Lipinski definition) is 5. The molecule has 1 aromatic rings. The molecule has 0 bridgehead atoms. The average molecular weight is 308 g/mol. The van der Waals surface area contributed by atoms with Crippen molar-refractivity contribution < 1.29 is 27.4 Å². The molecule has 1 rings (SSSR count). The van der Waals surface area contributed by atoms with Crippen LogP contribution in [0.3, 0.4) is 0 Å². The maximum Gasteiger partial charge on any atom is 0.762 e. The van der Waals surface area contributed by atoms with Crippen molar-refractivity contribution in [2.75, 3.05) is 6.61 Å². The van der Waals surface area contributed by atoms with Crippen LogP contribution in [0.5, 0.6) is 0 Å². The number of hydrogen-bond donors (Lipinski definition) is 1. The van der Waals surface area contributed by atoms with Gasteiger partial charge in [0, 0.05) is 5.69 Å². The predicted molar refractivity (Wildman–Crippen MR) is 68.1 cm³/mol. The number of carbonyl (C=O) groups is 1. The number of aryl methyl sites for hydroxylation is 1. The van der Waals surface area contributed by atoms with E-state index in [-0.39, 0.29) is 12.2 Å². The lowest BCUT2D eigenvalue weighted by molar-refractivity contribution is -0.386. The number of nitro groups is 1. The van der Waals surface area contributed by atoms with Crippen LogP contribution in [-0.2, 0) is 11.2 Å². The summed E-state index contributed by atoms with van der Waals surface area (Å²) in [6, 6.07) is 1.28. The van der Waals surface area contributed by atoms with Crippen LogP contribution in [0.2, 0.25) is 0 Å². The Labute approximate surface area is 117 Å². The Bertz CT molecular complexity index is 561. The SMILES string of the molecule is CCOC(=O)c1cc(CC)[nH]c(=O)c1[N+](=O)[O-].FB(F)F. The summed E-state index contributed by atoms with van der Waals surface area (Å²) < 4.78 is 33.7. The van der Waals surface area contributed by atoms with E-state index in [2.05, 4.69) is 9.72 Å². The molecule has 7 nitrogen and oxygen atoms in total. The predicted octanol–water partition coefficient (Wildman–Crippen LogP) is 1.90. The second-order valence-electron chi connectivity index (χ2n) is 3.46. The molecule has 0 radical (unpaired) electrons. The minimum Gasteiger partial charge on any atom is -0.462 e. The van der Waals surface area contributed by atoms with Crippen LogP contribution in [-0.4, -0.2) is 30.0 Å². The van der Waals surface area contributed by atoms with Gasteiger partial charge in [-0.3, -0.25) is 27.9 Å². The van der Waals surface area contributed by atoms with Gasteiger partial charge in [0.15, 0.2) is 0 Å². The third-order valence-corrected chi connectivity index (χ3v) is 2.12. The van der Waals surface area contributed by atoms with Crippen LogP contribution in [0.25, 0.3) is 0 Å². The molecule has 0 unspecified atom stereocenters. The van der Waals surface area contributed by atoms with Gasteiger partial charge in [0.05, 0.1) is 11.5 Å². The van der Waals surface area contributed by atoms with Crippen molar-refractivity contribution >= 4 is 19.2 Å². The van der Waals surface area contributed by atoms with Gasteiger partial charge in [-0.2, -0.15) is 0 Å². The van der Waals surface area contributed by atoms with Gasteiger partial charge in [0.25, 0.3) is 0 Å². The van der Waals surface area contributed by atoms with Gasteiger partial charge in [0.2, 0.25) is 0 Å². The minimum atomic E-state index is -3.67. The maximum atomic E-state index is 11.5. The number of aromatic amines is 1. The summed E-state index contributed by atoms with van der Waals surface area (Å²) in [5.41, 5.74) is -1.53. The Morgan fingerprint density at radius 2 is 1.95 bits per heavy atom. The fraction of sp³-hybridized carbons (Fsp3) is 0.400. The second-order valence-corrected chi connectivity index (χ2v) is 3.46. The number of pyridine rings is 1. The minimum absolute atomic E-state index is 0.0875. The Hall–Kier alpha value is -2.33. The number of H-pyrrole nitrogens is 1. The van der Waals surface area contributed by atoms with Crippen molar-refractivity contribution in [3.8, 4) is 0 Å². The highest BCUT2D eigenvalue weighted by molar-refractivity contribution is 6.33. The summed E-state index contributed by atoms with van der Waals surface area (Å²) in [5, 5.41) is 10.7. The van der Waals surface area contributed by atoms with Crippen LogP contribution < -0.4 is 5.56 Å². The summed E-state index contributed by atoms with van der Waals surface area (Å²) in [7, 11) is -3.67. The van der Waals surface area contributed by atoms with Crippen LogP contribution >= 0.6 is 0 Å². The zero-order valence-electron chi connectivity index (χ0n) is 11.2. The Morgan fingerprint density at radius 3 is 2.33 bits per heavy atom. The number of rotatable bonds is 4. The quantitative estimate of drug-likeness (QED) is 0.396. The monoisotopic (exact) mass is 308 g/mol. The van der Waals surface area contributed by atoms with Gasteiger partial charge in [-0.25, -0.2) is 4.79 Å². The topological polar surface area (TPSA) is 102 Å². The summed E-state index contributed by atoms with van der Waals surface area (Å²) in [6.07, 6.45) is 0.458. The smallest absolute Gasteiger partial charge is 0.462 e. The van der Waals surface area contributed by atoms with Crippen molar-refractivity contribution in [2.45, 2.75) is 20.3 Å². The maximum absolute atomic E-state index is 11.5. The molecular formula is C10H12BF3N2O5. The largest absolute Gasteiger partial charge is 0.762 e. The van der Waals surface area contributed by atoms with Gasteiger partial charge < -0.3 is 9.72 Å². The van der Waals surface area contributed by atoms with Gasteiger partial charge in [0.1, 0.15) is 5.56 Å². The molecule has 0 aliphatic heterocycles. The van der Waals surface area contributed by atoms with E-state index in [1.807, 2.05) is 0 Å². The molecule has 0 atom stereocenters. The average Bonchev–Trinajstić information content (AvgIpc) is 2.36. The van der Waals surface area contributed by atoms with Gasteiger partial charge in [-0.1, -0.05) is 6.92 Å². The van der Waals surface area contributed by atoms with E-state index in [1.165, 1.54) is 6.07 Å². The molecular weight excluding hydrogens is 296 g/mol. The lowest BCUT2D eigenvalue weighted by Gasteiger charge is -2.04. The number of esters is 1. The number of halogens is 3. The first kappa shape index (κ1) is 18.7. The number of aromatic nitrogens is 1. The Morgan fingerprint density at radius 1 is 1.43 bits per heavy atom. The van der Waals surface area contributed by atoms with Gasteiger partial charge in [-0.15, -0.1) is 0 Å². The molecule has 0 aliphatic carbocycles. The van der Waals surface area contributed by atoms with E-state index in [4.69, 9.17) is 0 Å². The molecule has 21 heavy (non-hydrogen) atoms. The summed E-state index contributed by atoms with van der Waals surface area (Å²) in [5.74, 6) is -0.861. The van der Waals surface area contributed by atoms with E-state index < -0.39 is 29.7 Å². The first-order valence-electron chi connectivity index (χ1n) is 5.74. The van der Waals surface area contributed by atoms with Crippen molar-refractivity contribution in [3.05, 3.63) is 37.8 Å². The summed E-state index contributed by atoms with van der Waals surface area (Å²) >= 11 is 0. The standard InChI is InChI=1S/C10H12N2O5.BF3/c1-3-6-5-7(10(14)17-4-2)8(12(15)16)9(13)11-6;2-1(3)4/h5H,3-4H2,1-2H3,(H,11,13);. The highest BCUT2D eigenvalue weighted by atomic mass is 19.4. The van der Waals surface area contributed by atoms with E-state index in [9.17, 15) is 32.7 Å². The van der Waals surface area contributed by atoms with E-state index in [0.29, 0.717) is 12.1 Å². The Kier molecular flexibility index (Phi) is 7.80. The number of carbonyl (C=O) groups excluding carboxylic acids is 1. The third-order valence-electron chi connectivity index (χ3n) is 2.12. The number of ether oxygens (including phenoxy) is 1. The van der Waals surface area contributed by atoms with E-state index in [1.54, 1.807) is 13.8 Å². The first-order chi connectivity index (χ1) is 9.74. The first-order valence-corrected chi connectivity index (χ1v) is 5.74. The molecule has 0 saturated heterocycles.